The first-order valence-electron chi connectivity index (χ1n) is 5.10. The fraction of sp³-hybridized carbons (Fsp3) is 0.417. The van der Waals surface area contributed by atoms with Crippen LogP contribution in [0.25, 0.3) is 0 Å². The molecule has 16 heavy (non-hydrogen) atoms. The molecule has 0 radical (unpaired) electrons. The molecule has 0 aromatic heterocycles. The Labute approximate surface area is 96.0 Å². The quantitative estimate of drug-likeness (QED) is 0.848. The van der Waals surface area contributed by atoms with Crippen LogP contribution >= 0.6 is 0 Å². The number of rotatable bonds is 3. The zero-order chi connectivity index (χ0) is 12.3. The van der Waals surface area contributed by atoms with Crippen LogP contribution in [0.3, 0.4) is 0 Å². The summed E-state index contributed by atoms with van der Waals surface area (Å²) in [7, 11) is 3.34. The van der Waals surface area contributed by atoms with Crippen molar-refractivity contribution in [3.8, 4) is 5.75 Å². The zero-order valence-corrected chi connectivity index (χ0v) is 10.2. The number of hydrogen-bond donors (Lipinski definition) is 1. The van der Waals surface area contributed by atoms with Gasteiger partial charge in [-0.15, -0.1) is 0 Å². The predicted molar refractivity (Wildman–Crippen MR) is 63.5 cm³/mol. The Morgan fingerprint density at radius 2 is 1.88 bits per heavy atom. The first-order valence-corrected chi connectivity index (χ1v) is 5.10. The number of primary amides is 1. The summed E-state index contributed by atoms with van der Waals surface area (Å²) < 4.78 is 5.28. The SMILES string of the molecule is COc1c(C)cc(CN(C)C(N)=O)cc1C. The van der Waals surface area contributed by atoms with Gasteiger partial charge in [-0.1, -0.05) is 12.1 Å². The summed E-state index contributed by atoms with van der Waals surface area (Å²) in [6.45, 7) is 4.49. The summed E-state index contributed by atoms with van der Waals surface area (Å²) in [6, 6.07) is 3.59. The van der Waals surface area contributed by atoms with Crippen LogP contribution < -0.4 is 10.5 Å². The fourth-order valence-corrected chi connectivity index (χ4v) is 1.80. The molecule has 4 nitrogen and oxygen atoms in total. The maximum atomic E-state index is 10.9. The number of methoxy groups -OCH3 is 1. The number of ether oxygens (including phenoxy) is 1. The van der Waals surface area contributed by atoms with Gasteiger partial charge in [0, 0.05) is 13.6 Å². The van der Waals surface area contributed by atoms with E-state index in [4.69, 9.17) is 10.5 Å². The fourth-order valence-electron chi connectivity index (χ4n) is 1.80. The average Bonchev–Trinajstić information content (AvgIpc) is 2.16. The van der Waals surface area contributed by atoms with Crippen LogP contribution in [0.1, 0.15) is 16.7 Å². The number of benzene rings is 1. The molecule has 0 unspecified atom stereocenters. The molecule has 1 aromatic carbocycles. The molecule has 2 amide bonds. The summed E-state index contributed by atoms with van der Waals surface area (Å²) in [5.41, 5.74) is 8.36. The Hall–Kier alpha value is -1.71. The number of carbonyl (C=O) groups excluding carboxylic acids is 1. The van der Waals surface area contributed by atoms with Crippen LogP contribution in [-0.4, -0.2) is 25.1 Å². The van der Waals surface area contributed by atoms with Gasteiger partial charge in [0.2, 0.25) is 0 Å². The third-order valence-corrected chi connectivity index (χ3v) is 2.52. The molecule has 0 heterocycles. The highest BCUT2D eigenvalue weighted by atomic mass is 16.5. The summed E-state index contributed by atoms with van der Waals surface area (Å²) >= 11 is 0. The van der Waals surface area contributed by atoms with Crippen molar-refractivity contribution in [2.75, 3.05) is 14.2 Å². The summed E-state index contributed by atoms with van der Waals surface area (Å²) in [4.78, 5) is 12.4. The second-order valence-corrected chi connectivity index (χ2v) is 3.96. The minimum Gasteiger partial charge on any atom is -0.496 e. The number of hydrogen-bond acceptors (Lipinski definition) is 2. The van der Waals surface area contributed by atoms with E-state index in [0.717, 1.165) is 22.4 Å². The van der Waals surface area contributed by atoms with Crippen molar-refractivity contribution in [2.45, 2.75) is 20.4 Å². The topological polar surface area (TPSA) is 55.6 Å². The van der Waals surface area contributed by atoms with E-state index in [-0.39, 0.29) is 0 Å². The molecule has 2 N–H and O–H groups in total. The van der Waals surface area contributed by atoms with E-state index in [1.165, 1.54) is 4.90 Å². The van der Waals surface area contributed by atoms with Crippen molar-refractivity contribution in [2.24, 2.45) is 5.73 Å². The first-order chi connectivity index (χ1) is 7.45. The van der Waals surface area contributed by atoms with Gasteiger partial charge in [0.05, 0.1) is 7.11 Å². The highest BCUT2D eigenvalue weighted by Gasteiger charge is 2.08. The van der Waals surface area contributed by atoms with Crippen LogP contribution in [0.2, 0.25) is 0 Å². The molecule has 88 valence electrons. The van der Waals surface area contributed by atoms with Crippen LogP contribution in [0.5, 0.6) is 5.75 Å². The van der Waals surface area contributed by atoms with E-state index in [9.17, 15) is 4.79 Å². The van der Waals surface area contributed by atoms with Crippen molar-refractivity contribution in [3.63, 3.8) is 0 Å². The van der Waals surface area contributed by atoms with Crippen molar-refractivity contribution in [1.82, 2.24) is 4.90 Å². The Morgan fingerprint density at radius 3 is 2.25 bits per heavy atom. The molecule has 1 rings (SSSR count). The molecule has 1 aromatic rings. The largest absolute Gasteiger partial charge is 0.496 e. The molecular formula is C12H18N2O2. The minimum atomic E-state index is -0.425. The average molecular weight is 222 g/mol. The Bertz CT molecular complexity index is 379. The van der Waals surface area contributed by atoms with Crippen molar-refractivity contribution < 1.29 is 9.53 Å². The van der Waals surface area contributed by atoms with Crippen molar-refractivity contribution >= 4 is 6.03 Å². The molecule has 0 fully saturated rings. The van der Waals surface area contributed by atoms with Gasteiger partial charge in [-0.25, -0.2) is 4.79 Å². The number of aryl methyl sites for hydroxylation is 2. The minimum absolute atomic E-state index is 0.425. The van der Waals surface area contributed by atoms with Crippen molar-refractivity contribution in [3.05, 3.63) is 28.8 Å². The molecule has 0 bridgehead atoms. The Balaban J connectivity index is 2.96. The molecular weight excluding hydrogens is 204 g/mol. The Kier molecular flexibility index (Phi) is 3.77. The standard InChI is InChI=1S/C12H18N2O2/c1-8-5-10(7-14(3)12(13)15)6-9(2)11(8)16-4/h5-6H,7H2,1-4H3,(H2,13,15). The molecule has 4 heteroatoms. The molecule has 0 spiro atoms. The highest BCUT2D eigenvalue weighted by molar-refractivity contribution is 5.71. The second-order valence-electron chi connectivity index (χ2n) is 3.96. The van der Waals surface area contributed by atoms with Crippen molar-refractivity contribution in [1.29, 1.82) is 0 Å². The summed E-state index contributed by atoms with van der Waals surface area (Å²) in [5.74, 6) is 0.894. The summed E-state index contributed by atoms with van der Waals surface area (Å²) in [6.07, 6.45) is 0. The maximum absolute atomic E-state index is 10.9. The van der Waals surface area contributed by atoms with E-state index in [0.29, 0.717) is 6.54 Å². The smallest absolute Gasteiger partial charge is 0.314 e. The lowest BCUT2D eigenvalue weighted by atomic mass is 10.1. The number of amides is 2. The molecule has 0 atom stereocenters. The first kappa shape index (κ1) is 12.4. The lowest BCUT2D eigenvalue weighted by Gasteiger charge is -2.16. The highest BCUT2D eigenvalue weighted by Crippen LogP contribution is 2.24. The monoisotopic (exact) mass is 222 g/mol. The van der Waals surface area contributed by atoms with Gasteiger partial charge in [-0.3, -0.25) is 0 Å². The van der Waals surface area contributed by atoms with Gasteiger partial charge in [0.25, 0.3) is 0 Å². The van der Waals surface area contributed by atoms with Gasteiger partial charge in [0.15, 0.2) is 0 Å². The number of nitrogens with zero attached hydrogens (tertiary/aromatic N) is 1. The second kappa shape index (κ2) is 4.88. The number of nitrogens with two attached hydrogens (primary N) is 1. The molecule has 0 saturated heterocycles. The lowest BCUT2D eigenvalue weighted by molar-refractivity contribution is 0.216. The third kappa shape index (κ3) is 2.66. The van der Waals surface area contributed by atoms with Crippen LogP contribution in [0.4, 0.5) is 4.79 Å². The van der Waals surface area contributed by atoms with Gasteiger partial charge in [0.1, 0.15) is 5.75 Å². The van der Waals surface area contributed by atoms with Gasteiger partial charge in [-0.2, -0.15) is 0 Å². The van der Waals surface area contributed by atoms with E-state index >= 15 is 0 Å². The normalized spacial score (nSPS) is 10.0. The number of carbonyl (C=O) groups is 1. The molecule has 0 aliphatic rings. The molecule has 0 aliphatic heterocycles. The molecule has 0 saturated carbocycles. The Morgan fingerprint density at radius 1 is 1.38 bits per heavy atom. The zero-order valence-electron chi connectivity index (χ0n) is 10.2. The predicted octanol–water partition coefficient (Wildman–Crippen LogP) is 1.82. The van der Waals surface area contributed by atoms with Crippen LogP contribution in [-0.2, 0) is 6.54 Å². The maximum Gasteiger partial charge on any atom is 0.314 e. The van der Waals surface area contributed by atoms with Crippen LogP contribution in [0.15, 0.2) is 12.1 Å². The van der Waals surface area contributed by atoms with E-state index in [2.05, 4.69) is 0 Å². The van der Waals surface area contributed by atoms with Gasteiger partial charge >= 0.3 is 6.03 Å². The van der Waals surface area contributed by atoms with E-state index in [1.54, 1.807) is 14.2 Å². The van der Waals surface area contributed by atoms with E-state index in [1.807, 2.05) is 26.0 Å². The van der Waals surface area contributed by atoms with Gasteiger partial charge < -0.3 is 15.4 Å². The third-order valence-electron chi connectivity index (χ3n) is 2.52. The van der Waals surface area contributed by atoms with Gasteiger partial charge in [-0.05, 0) is 30.5 Å². The molecule has 0 aliphatic carbocycles. The van der Waals surface area contributed by atoms with E-state index < -0.39 is 6.03 Å². The summed E-state index contributed by atoms with van der Waals surface area (Å²) in [5, 5.41) is 0. The van der Waals surface area contributed by atoms with Crippen LogP contribution in [0, 0.1) is 13.8 Å². The number of urea groups is 1. The lowest BCUT2D eigenvalue weighted by Crippen LogP contribution is -2.31.